The minimum atomic E-state index is -0.126. The number of aromatic nitrogens is 2. The molecule has 0 bridgehead atoms. The maximum Gasteiger partial charge on any atom is 0.263 e. The maximum atomic E-state index is 13.0. The Morgan fingerprint density at radius 1 is 1.24 bits per heavy atom. The van der Waals surface area contributed by atoms with Crippen LogP contribution in [0.1, 0.15) is 46.9 Å². The van der Waals surface area contributed by atoms with Crippen molar-refractivity contribution in [3.63, 3.8) is 0 Å². The van der Waals surface area contributed by atoms with Gasteiger partial charge in [0.15, 0.2) is 0 Å². The third kappa shape index (κ3) is 4.47. The topological polar surface area (TPSA) is 119 Å². The van der Waals surface area contributed by atoms with Crippen molar-refractivity contribution >= 4 is 39.0 Å². The molecule has 1 saturated heterocycles. The van der Waals surface area contributed by atoms with Gasteiger partial charge in [-0.2, -0.15) is 0 Å². The number of aryl methyl sites for hydroxylation is 2. The standard InChI is InChI=1S/C25H32N6O2S/c1-13(2)33-20-12-31(11-18(20)26)21-9-5-15-10-16(6-8-19(15)30-21)29-24(32)23-22(27)17-7-4-14(3)28-25(17)34-23/h4-5,7,9,13,16,18,20H,6,8,10-12,26-27H2,1-3H3,(H,29,32)/t16-,18+,20-/m0/s1. The van der Waals surface area contributed by atoms with E-state index in [1.54, 1.807) is 0 Å². The summed E-state index contributed by atoms with van der Waals surface area (Å²) < 4.78 is 5.96. The molecule has 1 fully saturated rings. The van der Waals surface area contributed by atoms with Crippen LogP contribution in [0.5, 0.6) is 0 Å². The molecule has 0 unspecified atom stereocenters. The van der Waals surface area contributed by atoms with Crippen LogP contribution in [0.15, 0.2) is 24.3 Å². The molecule has 1 amide bonds. The fourth-order valence-corrected chi connectivity index (χ4v) is 5.93. The number of fused-ring (bicyclic) bond motifs is 2. The van der Waals surface area contributed by atoms with Crippen molar-refractivity contribution in [2.45, 2.75) is 64.3 Å². The molecule has 1 aliphatic heterocycles. The van der Waals surface area contributed by atoms with E-state index in [4.69, 9.17) is 21.2 Å². The second-order valence-electron chi connectivity index (χ2n) is 9.63. The molecule has 5 rings (SSSR count). The van der Waals surface area contributed by atoms with Crippen LogP contribution in [0.2, 0.25) is 0 Å². The number of nitrogens with two attached hydrogens (primary N) is 2. The average Bonchev–Trinajstić information content (AvgIpc) is 3.32. The lowest BCUT2D eigenvalue weighted by Gasteiger charge is -2.26. The monoisotopic (exact) mass is 480 g/mol. The first-order valence-corrected chi connectivity index (χ1v) is 12.7. The molecule has 4 heterocycles. The van der Waals surface area contributed by atoms with Crippen LogP contribution in [-0.4, -0.2) is 53.3 Å². The maximum absolute atomic E-state index is 13.0. The Labute approximate surface area is 203 Å². The molecule has 3 atom stereocenters. The summed E-state index contributed by atoms with van der Waals surface area (Å²) >= 11 is 1.35. The van der Waals surface area contributed by atoms with E-state index in [9.17, 15) is 4.79 Å². The Hall–Kier alpha value is -2.75. The molecule has 0 aromatic carbocycles. The first kappa shape index (κ1) is 23.0. The van der Waals surface area contributed by atoms with E-state index < -0.39 is 0 Å². The summed E-state index contributed by atoms with van der Waals surface area (Å²) in [6.07, 6.45) is 2.61. The van der Waals surface area contributed by atoms with Gasteiger partial charge in [0.25, 0.3) is 5.91 Å². The molecule has 34 heavy (non-hydrogen) atoms. The SMILES string of the molecule is Cc1ccc2c(N)c(C(=O)N[C@H]3CCc4nc(N5C[C@@H](N)[C@@H](OC(C)C)C5)ccc4C3)sc2n1. The molecule has 180 valence electrons. The fraction of sp³-hybridized carbons (Fsp3) is 0.480. The molecule has 0 saturated carbocycles. The van der Waals surface area contributed by atoms with Gasteiger partial charge in [0.05, 0.1) is 23.9 Å². The number of amides is 1. The number of anilines is 2. The minimum Gasteiger partial charge on any atom is -0.397 e. The molecule has 0 radical (unpaired) electrons. The van der Waals surface area contributed by atoms with Gasteiger partial charge in [-0.1, -0.05) is 6.07 Å². The van der Waals surface area contributed by atoms with Gasteiger partial charge in [-0.3, -0.25) is 4.79 Å². The zero-order valence-corrected chi connectivity index (χ0v) is 20.7. The highest BCUT2D eigenvalue weighted by Gasteiger charge is 2.33. The van der Waals surface area contributed by atoms with Crippen LogP contribution in [0.3, 0.4) is 0 Å². The minimum absolute atomic E-state index is 0.0136. The zero-order valence-electron chi connectivity index (χ0n) is 19.9. The molecule has 8 nitrogen and oxygen atoms in total. The first-order valence-electron chi connectivity index (χ1n) is 11.9. The number of nitrogen functional groups attached to an aromatic ring is 1. The van der Waals surface area contributed by atoms with Crippen molar-refractivity contribution in [3.8, 4) is 0 Å². The number of rotatable bonds is 5. The molecule has 0 spiro atoms. The number of pyridine rings is 2. The van der Waals surface area contributed by atoms with Gasteiger partial charge in [-0.25, -0.2) is 9.97 Å². The number of hydrogen-bond donors (Lipinski definition) is 3. The summed E-state index contributed by atoms with van der Waals surface area (Å²) in [7, 11) is 0. The average molecular weight is 481 g/mol. The number of carbonyl (C=O) groups is 1. The van der Waals surface area contributed by atoms with Gasteiger partial charge in [0.1, 0.15) is 15.5 Å². The second-order valence-corrected chi connectivity index (χ2v) is 10.6. The molecule has 1 aliphatic carbocycles. The smallest absolute Gasteiger partial charge is 0.263 e. The van der Waals surface area contributed by atoms with Crippen LogP contribution in [0.25, 0.3) is 10.2 Å². The molecule has 2 aliphatic rings. The van der Waals surface area contributed by atoms with E-state index in [0.29, 0.717) is 10.6 Å². The lowest BCUT2D eigenvalue weighted by molar-refractivity contribution is 0.0127. The number of thiophene rings is 1. The van der Waals surface area contributed by atoms with Crippen LogP contribution in [0.4, 0.5) is 11.5 Å². The number of nitrogens with zero attached hydrogens (tertiary/aromatic N) is 3. The summed E-state index contributed by atoms with van der Waals surface area (Å²) in [5, 5.41) is 4.03. The normalized spacial score (nSPS) is 22.4. The van der Waals surface area contributed by atoms with Gasteiger partial charge < -0.3 is 26.4 Å². The van der Waals surface area contributed by atoms with Gasteiger partial charge in [0.2, 0.25) is 0 Å². The van der Waals surface area contributed by atoms with E-state index >= 15 is 0 Å². The Morgan fingerprint density at radius 2 is 2.06 bits per heavy atom. The van der Waals surface area contributed by atoms with Gasteiger partial charge >= 0.3 is 0 Å². The lowest BCUT2D eigenvalue weighted by Crippen LogP contribution is -2.39. The number of ether oxygens (including phenoxy) is 1. The summed E-state index contributed by atoms with van der Waals surface area (Å²) in [4.78, 5) is 26.0. The van der Waals surface area contributed by atoms with Crippen LogP contribution in [0, 0.1) is 6.92 Å². The largest absolute Gasteiger partial charge is 0.397 e. The third-order valence-corrected chi connectivity index (χ3v) is 7.72. The van der Waals surface area contributed by atoms with Gasteiger partial charge in [-0.05, 0) is 63.8 Å². The highest BCUT2D eigenvalue weighted by atomic mass is 32.1. The summed E-state index contributed by atoms with van der Waals surface area (Å²) in [5.41, 5.74) is 16.3. The summed E-state index contributed by atoms with van der Waals surface area (Å²) in [6, 6.07) is 8.09. The molecule has 5 N–H and O–H groups in total. The van der Waals surface area contributed by atoms with E-state index in [1.807, 2.05) is 32.9 Å². The van der Waals surface area contributed by atoms with E-state index in [1.165, 1.54) is 16.9 Å². The van der Waals surface area contributed by atoms with Gasteiger partial charge in [0, 0.05) is 35.9 Å². The van der Waals surface area contributed by atoms with Crippen molar-refractivity contribution in [1.82, 2.24) is 15.3 Å². The first-order chi connectivity index (χ1) is 16.3. The van der Waals surface area contributed by atoms with Crippen molar-refractivity contribution < 1.29 is 9.53 Å². The van der Waals surface area contributed by atoms with Crippen molar-refractivity contribution in [2.24, 2.45) is 5.73 Å². The van der Waals surface area contributed by atoms with Crippen molar-refractivity contribution in [3.05, 3.63) is 46.1 Å². The zero-order chi connectivity index (χ0) is 24.0. The van der Waals surface area contributed by atoms with Crippen LogP contribution >= 0.6 is 11.3 Å². The number of carbonyl (C=O) groups excluding carboxylic acids is 1. The molecular weight excluding hydrogens is 448 g/mol. The predicted molar refractivity (Wildman–Crippen MR) is 136 cm³/mol. The fourth-order valence-electron chi connectivity index (χ4n) is 4.89. The Morgan fingerprint density at radius 3 is 2.85 bits per heavy atom. The number of hydrogen-bond acceptors (Lipinski definition) is 8. The second kappa shape index (κ2) is 9.13. The van der Waals surface area contributed by atoms with Gasteiger partial charge in [-0.15, -0.1) is 11.3 Å². The predicted octanol–water partition coefficient (Wildman–Crippen LogP) is 2.81. The molecule has 3 aromatic rings. The summed E-state index contributed by atoms with van der Waals surface area (Å²) in [6.45, 7) is 7.51. The number of nitrogens with one attached hydrogen (secondary N) is 1. The highest BCUT2D eigenvalue weighted by molar-refractivity contribution is 7.21. The Balaban J connectivity index is 1.25. The third-order valence-electron chi connectivity index (χ3n) is 6.60. The van der Waals surface area contributed by atoms with E-state index in [0.717, 1.165) is 59.8 Å². The van der Waals surface area contributed by atoms with Crippen molar-refractivity contribution in [1.29, 1.82) is 0 Å². The Kier molecular flexibility index (Phi) is 6.18. The lowest BCUT2D eigenvalue weighted by atomic mass is 9.91. The van der Waals surface area contributed by atoms with Crippen LogP contribution < -0.4 is 21.7 Å². The van der Waals surface area contributed by atoms with E-state index in [2.05, 4.69) is 27.3 Å². The van der Waals surface area contributed by atoms with E-state index in [-0.39, 0.29) is 30.2 Å². The highest BCUT2D eigenvalue weighted by Crippen LogP contribution is 2.33. The Bertz CT molecular complexity index is 1230. The molecular formula is C25H32N6O2S. The summed E-state index contributed by atoms with van der Waals surface area (Å²) in [5.74, 6) is 0.825. The quantitative estimate of drug-likeness (QED) is 0.514. The molecule has 9 heteroatoms. The molecule has 3 aromatic heterocycles. The van der Waals surface area contributed by atoms with Crippen LogP contribution in [-0.2, 0) is 17.6 Å². The van der Waals surface area contributed by atoms with Crippen molar-refractivity contribution in [2.75, 3.05) is 23.7 Å².